The van der Waals surface area contributed by atoms with Gasteiger partial charge in [0, 0.05) is 11.7 Å². The molecule has 0 spiro atoms. The molecule has 0 amide bonds. The molecule has 0 saturated heterocycles. The maximum Gasteiger partial charge on any atom is 0.244 e. The third kappa shape index (κ3) is 3.39. The molecule has 0 saturated carbocycles. The van der Waals surface area contributed by atoms with Gasteiger partial charge in [-0.25, -0.2) is 24.0 Å². The summed E-state index contributed by atoms with van der Waals surface area (Å²) in [6.07, 6.45) is 2.15. The van der Waals surface area contributed by atoms with Gasteiger partial charge in [-0.2, -0.15) is 0 Å². The Morgan fingerprint density at radius 1 is 1.47 bits per heavy atom. The van der Waals surface area contributed by atoms with Crippen LogP contribution in [0.4, 0.5) is 5.82 Å². The lowest BCUT2D eigenvalue weighted by Crippen LogP contribution is -2.43. The third-order valence-corrected chi connectivity index (χ3v) is 4.22. The molecular weight excluding hydrogens is 240 g/mol. The van der Waals surface area contributed by atoms with Crippen molar-refractivity contribution in [3.05, 3.63) is 18.3 Å². The Hall–Kier alpha value is -1.18. The highest BCUT2D eigenvalue weighted by Gasteiger charge is 2.26. The van der Waals surface area contributed by atoms with Gasteiger partial charge in [0.15, 0.2) is 5.82 Å². The van der Waals surface area contributed by atoms with E-state index in [2.05, 4.69) is 15.1 Å². The summed E-state index contributed by atoms with van der Waals surface area (Å²) in [7, 11) is -3.63. The molecule has 1 heterocycles. The van der Waals surface area contributed by atoms with Gasteiger partial charge in [0.25, 0.3) is 0 Å². The molecular formula is C10H18N4O2S. The van der Waals surface area contributed by atoms with Crippen LogP contribution in [0.15, 0.2) is 23.2 Å². The van der Waals surface area contributed by atoms with Crippen LogP contribution in [0.3, 0.4) is 0 Å². The van der Waals surface area contributed by atoms with Gasteiger partial charge in [-0.15, -0.1) is 0 Å². The van der Waals surface area contributed by atoms with Crippen molar-refractivity contribution in [2.24, 2.45) is 5.84 Å². The topological polar surface area (TPSA) is 97.1 Å². The van der Waals surface area contributed by atoms with Crippen molar-refractivity contribution in [2.45, 2.75) is 37.6 Å². The van der Waals surface area contributed by atoms with E-state index in [1.54, 1.807) is 6.07 Å². The number of pyridine rings is 1. The number of aromatic nitrogens is 1. The summed E-state index contributed by atoms with van der Waals surface area (Å²) in [6.45, 7) is 5.54. The number of hydrogen-bond acceptors (Lipinski definition) is 5. The van der Waals surface area contributed by atoms with E-state index in [1.165, 1.54) is 12.3 Å². The number of nitrogens with two attached hydrogens (primary N) is 1. The van der Waals surface area contributed by atoms with Crippen molar-refractivity contribution >= 4 is 15.8 Å². The van der Waals surface area contributed by atoms with Crippen molar-refractivity contribution in [2.75, 3.05) is 5.43 Å². The summed E-state index contributed by atoms with van der Waals surface area (Å²) in [5.41, 5.74) is 1.76. The summed E-state index contributed by atoms with van der Waals surface area (Å²) in [4.78, 5) is 3.91. The number of nitrogens with zero attached hydrogens (tertiary/aromatic N) is 1. The van der Waals surface area contributed by atoms with Crippen LogP contribution < -0.4 is 16.0 Å². The highest BCUT2D eigenvalue weighted by Crippen LogP contribution is 2.20. The zero-order valence-corrected chi connectivity index (χ0v) is 11.0. The maximum atomic E-state index is 12.1. The quantitative estimate of drug-likeness (QED) is 0.537. The molecule has 96 valence electrons. The number of nitrogen functional groups attached to an aromatic ring is 1. The van der Waals surface area contributed by atoms with E-state index in [0.29, 0.717) is 6.42 Å². The molecule has 4 N–H and O–H groups in total. The molecule has 0 aliphatic rings. The summed E-state index contributed by atoms with van der Waals surface area (Å²) in [5, 5.41) is 0. The lowest BCUT2D eigenvalue weighted by atomic mass is 10.0. The lowest BCUT2D eigenvalue weighted by Gasteiger charge is -2.24. The minimum Gasteiger partial charge on any atom is -0.307 e. The first-order chi connectivity index (χ1) is 7.82. The first-order valence-electron chi connectivity index (χ1n) is 5.28. The zero-order chi connectivity index (χ0) is 13.1. The minimum absolute atomic E-state index is 0.0454. The van der Waals surface area contributed by atoms with Gasteiger partial charge < -0.3 is 5.43 Å². The Bertz CT molecular complexity index is 485. The van der Waals surface area contributed by atoms with E-state index in [4.69, 9.17) is 5.84 Å². The van der Waals surface area contributed by atoms with Crippen LogP contribution in [0.2, 0.25) is 0 Å². The second kappa shape index (κ2) is 4.99. The van der Waals surface area contributed by atoms with Crippen LogP contribution in [-0.2, 0) is 10.0 Å². The van der Waals surface area contributed by atoms with Crippen molar-refractivity contribution in [3.8, 4) is 0 Å². The highest BCUT2D eigenvalue weighted by atomic mass is 32.2. The largest absolute Gasteiger partial charge is 0.307 e. The molecule has 0 aliphatic heterocycles. The molecule has 1 rings (SSSR count). The van der Waals surface area contributed by atoms with E-state index in [-0.39, 0.29) is 10.7 Å². The molecule has 0 unspecified atom stereocenters. The predicted octanol–water partition coefficient (Wildman–Crippen LogP) is 0.834. The maximum absolute atomic E-state index is 12.1. The standard InChI is InChI=1S/C10H18N4O2S/c1-4-10(2,3)14-17(15,16)8-6-5-7-12-9(8)13-11/h5-7,14H,4,11H2,1-3H3,(H,12,13). The van der Waals surface area contributed by atoms with E-state index < -0.39 is 15.6 Å². The van der Waals surface area contributed by atoms with Gasteiger partial charge in [0.1, 0.15) is 4.90 Å². The highest BCUT2D eigenvalue weighted by molar-refractivity contribution is 7.89. The Morgan fingerprint density at radius 2 is 2.12 bits per heavy atom. The molecule has 0 fully saturated rings. The van der Waals surface area contributed by atoms with E-state index in [1.807, 2.05) is 20.8 Å². The fourth-order valence-corrected chi connectivity index (χ4v) is 2.81. The molecule has 0 bridgehead atoms. The van der Waals surface area contributed by atoms with E-state index in [0.717, 1.165) is 0 Å². The smallest absolute Gasteiger partial charge is 0.244 e. The zero-order valence-electron chi connectivity index (χ0n) is 10.2. The normalized spacial score (nSPS) is 12.5. The summed E-state index contributed by atoms with van der Waals surface area (Å²) in [6, 6.07) is 3.00. The SMILES string of the molecule is CCC(C)(C)NS(=O)(=O)c1cccnc1NN. The monoisotopic (exact) mass is 258 g/mol. The van der Waals surface area contributed by atoms with Gasteiger partial charge in [-0.05, 0) is 32.4 Å². The van der Waals surface area contributed by atoms with Crippen LogP contribution in [0, 0.1) is 0 Å². The van der Waals surface area contributed by atoms with Gasteiger partial charge in [0.05, 0.1) is 0 Å². The van der Waals surface area contributed by atoms with Crippen molar-refractivity contribution in [1.29, 1.82) is 0 Å². The fourth-order valence-electron chi connectivity index (χ4n) is 1.21. The molecule has 7 heteroatoms. The van der Waals surface area contributed by atoms with Gasteiger partial charge in [0.2, 0.25) is 10.0 Å². The minimum atomic E-state index is -3.63. The van der Waals surface area contributed by atoms with E-state index in [9.17, 15) is 8.42 Å². The molecule has 0 aliphatic carbocycles. The molecule has 0 atom stereocenters. The second-order valence-electron chi connectivity index (χ2n) is 4.34. The summed E-state index contributed by atoms with van der Waals surface area (Å²) >= 11 is 0. The Morgan fingerprint density at radius 3 is 2.65 bits per heavy atom. The molecule has 1 aromatic heterocycles. The number of sulfonamides is 1. The second-order valence-corrected chi connectivity index (χ2v) is 5.99. The summed E-state index contributed by atoms with van der Waals surface area (Å²) in [5.74, 6) is 5.37. The van der Waals surface area contributed by atoms with Gasteiger partial charge >= 0.3 is 0 Å². The van der Waals surface area contributed by atoms with Crippen LogP contribution >= 0.6 is 0 Å². The van der Waals surface area contributed by atoms with Crippen LogP contribution in [0.25, 0.3) is 0 Å². The first kappa shape index (κ1) is 13.9. The van der Waals surface area contributed by atoms with Crippen LogP contribution in [-0.4, -0.2) is 18.9 Å². The Balaban J connectivity index is 3.14. The number of rotatable bonds is 5. The Kier molecular flexibility index (Phi) is 4.07. The van der Waals surface area contributed by atoms with Crippen LogP contribution in [0.5, 0.6) is 0 Å². The number of hydrazine groups is 1. The average Bonchev–Trinajstić information content (AvgIpc) is 2.28. The average molecular weight is 258 g/mol. The molecule has 17 heavy (non-hydrogen) atoms. The fraction of sp³-hybridized carbons (Fsp3) is 0.500. The Labute approximate surface area is 102 Å². The number of hydrogen-bond donors (Lipinski definition) is 3. The molecule has 0 aromatic carbocycles. The van der Waals surface area contributed by atoms with Crippen molar-refractivity contribution in [3.63, 3.8) is 0 Å². The van der Waals surface area contributed by atoms with E-state index >= 15 is 0 Å². The van der Waals surface area contributed by atoms with Gasteiger partial charge in [-0.1, -0.05) is 6.92 Å². The lowest BCUT2D eigenvalue weighted by molar-refractivity contribution is 0.439. The third-order valence-electron chi connectivity index (χ3n) is 2.49. The summed E-state index contributed by atoms with van der Waals surface area (Å²) < 4.78 is 26.9. The first-order valence-corrected chi connectivity index (χ1v) is 6.76. The predicted molar refractivity (Wildman–Crippen MR) is 66.7 cm³/mol. The molecule has 6 nitrogen and oxygen atoms in total. The van der Waals surface area contributed by atoms with Crippen molar-refractivity contribution in [1.82, 2.24) is 9.71 Å². The number of nitrogens with one attached hydrogen (secondary N) is 2. The molecule has 0 radical (unpaired) electrons. The number of anilines is 1. The van der Waals surface area contributed by atoms with Crippen LogP contribution in [0.1, 0.15) is 27.2 Å². The van der Waals surface area contributed by atoms with Crippen molar-refractivity contribution < 1.29 is 8.42 Å². The van der Waals surface area contributed by atoms with Gasteiger partial charge in [-0.3, -0.25) is 0 Å². The molecule has 1 aromatic rings.